The van der Waals surface area contributed by atoms with E-state index in [1.165, 1.54) is 35.3 Å². The number of esters is 6. The van der Waals surface area contributed by atoms with Gasteiger partial charge in [-0.1, -0.05) is 75.2 Å². The van der Waals surface area contributed by atoms with Crippen LogP contribution in [0.1, 0.15) is 121 Å². The Morgan fingerprint density at radius 3 is 1.32 bits per heavy atom. The van der Waals surface area contributed by atoms with Gasteiger partial charge in [-0.05, 0) is 38.0 Å². The van der Waals surface area contributed by atoms with E-state index in [1.807, 2.05) is 20.8 Å². The molecule has 0 radical (unpaired) electrons. The predicted molar refractivity (Wildman–Crippen MR) is 325 cm³/mol. The SMILES string of the molecule is CCC(C)C(=O)OCC(C)OC(=O)CCCOC(=O)C(C)CSCC(O)CO.CCC(C)COCC(CS(=O)(=O)O[O-])OC(=O)CCCOC(=O)C(C)CSCC(O)CO.CCC(C)COCCCOC(=O)NCCOC(=O)C(C)CSCC(O)CO.[K+]. The largest absolute Gasteiger partial charge is 1.00 e. The minimum Gasteiger partial charge on any atom is -0.707 e. The summed E-state index contributed by atoms with van der Waals surface area (Å²) in [7, 11) is -4.40. The molecule has 0 aromatic carbocycles. The van der Waals surface area contributed by atoms with Crippen molar-refractivity contribution in [3.8, 4) is 0 Å². The minimum absolute atomic E-state index is 0. The van der Waals surface area contributed by atoms with Gasteiger partial charge in [-0.3, -0.25) is 28.8 Å². The van der Waals surface area contributed by atoms with Crippen LogP contribution in [0.5, 0.6) is 0 Å². The summed E-state index contributed by atoms with van der Waals surface area (Å²) in [5, 5.41) is 66.7. The summed E-state index contributed by atoms with van der Waals surface area (Å²) in [4.78, 5) is 82.3. The van der Waals surface area contributed by atoms with E-state index in [0.717, 1.165) is 12.8 Å². The van der Waals surface area contributed by atoms with Crippen molar-refractivity contribution in [3.63, 3.8) is 0 Å². The summed E-state index contributed by atoms with van der Waals surface area (Å²) in [5.74, 6) is -1.62. The zero-order valence-electron chi connectivity index (χ0n) is 53.6. The smallest absolute Gasteiger partial charge is 0.707 e. The Hall–Kier alpha value is -1.67. The Morgan fingerprint density at radius 2 is 0.898 bits per heavy atom. The molecule has 0 heterocycles. The van der Waals surface area contributed by atoms with Crippen LogP contribution in [0.4, 0.5) is 4.79 Å². The van der Waals surface area contributed by atoms with E-state index in [4.69, 9.17) is 58.0 Å². The number of nitrogens with one attached hydrogen (secondary N) is 1. The molecule has 0 aliphatic rings. The van der Waals surface area contributed by atoms with Crippen LogP contribution in [0.3, 0.4) is 0 Å². The van der Waals surface area contributed by atoms with Crippen molar-refractivity contribution in [3.05, 3.63) is 0 Å². The van der Waals surface area contributed by atoms with Crippen molar-refractivity contribution >= 4 is 87.3 Å². The summed E-state index contributed by atoms with van der Waals surface area (Å²) >= 11 is 4.05. The third-order valence-electron chi connectivity index (χ3n) is 11.8. The summed E-state index contributed by atoms with van der Waals surface area (Å²) < 4.78 is 72.4. The fourth-order valence-corrected chi connectivity index (χ4v) is 9.44. The number of hydrogen-bond donors (Lipinski definition) is 7. The van der Waals surface area contributed by atoms with Gasteiger partial charge in [-0.2, -0.15) is 43.7 Å². The number of thioether (sulfide) groups is 3. The van der Waals surface area contributed by atoms with Crippen molar-refractivity contribution in [2.75, 3.05) is 126 Å². The van der Waals surface area contributed by atoms with E-state index in [1.54, 1.807) is 34.6 Å². The van der Waals surface area contributed by atoms with Crippen molar-refractivity contribution in [2.24, 2.45) is 35.5 Å². The van der Waals surface area contributed by atoms with Crippen molar-refractivity contribution < 1.29 is 176 Å². The van der Waals surface area contributed by atoms with Gasteiger partial charge < -0.3 is 88.2 Å². The quantitative estimate of drug-likeness (QED) is 0.0102. The van der Waals surface area contributed by atoms with Crippen LogP contribution in [0.25, 0.3) is 0 Å². The zero-order valence-corrected chi connectivity index (χ0v) is 60.0. The molecule has 0 aliphatic heterocycles. The Morgan fingerprint density at radius 1 is 0.489 bits per heavy atom. The van der Waals surface area contributed by atoms with Gasteiger partial charge in [0, 0.05) is 73.6 Å². The van der Waals surface area contributed by atoms with E-state index >= 15 is 0 Å². The van der Waals surface area contributed by atoms with Gasteiger partial charge in [-0.15, -0.1) is 0 Å². The maximum absolute atomic E-state index is 12.0. The normalized spacial score (nSPS) is 14.9. The Labute approximate surface area is 576 Å². The van der Waals surface area contributed by atoms with Crippen LogP contribution in [0.2, 0.25) is 0 Å². The molecule has 1 amide bonds. The first kappa shape index (κ1) is 92.7. The number of carbonyl (C=O) groups is 7. The van der Waals surface area contributed by atoms with Gasteiger partial charge in [-0.25, -0.2) is 4.79 Å². The number of hydrogen-bond acceptors (Lipinski definition) is 29. The molecule has 0 fully saturated rings. The predicted octanol–water partition coefficient (Wildman–Crippen LogP) is -0.383. The Balaban J connectivity index is -0.000000601. The molecule has 0 saturated heterocycles. The molecule has 32 heteroatoms. The van der Waals surface area contributed by atoms with Gasteiger partial charge in [0.2, 0.25) is 0 Å². The first-order valence-electron chi connectivity index (χ1n) is 29.4. The van der Waals surface area contributed by atoms with Crippen LogP contribution in [0.15, 0.2) is 0 Å². The Kier molecular flexibility index (Phi) is 63.5. The molecule has 0 aliphatic carbocycles. The van der Waals surface area contributed by atoms with E-state index in [0.29, 0.717) is 79.5 Å². The standard InChI is InChI=1S/C19H36O11S2.C19H34O8S.C18H35NO7S.K/c1-4-14(2)9-27-10-17(13-32(25,26)30-24)29-18(22)6-5-7-28-19(23)15(3)11-31-12-16(21)8-20;1-5-13(2)18(23)26-10-15(4)27-17(22)7-6-8-25-19(24)14(3)11-28-12-16(21)9-20;1-4-14(2)11-24-7-5-8-26-18(23)19-6-9-25-17(22)15(3)12-27-13-16(21)10-20;/h14-17,20-21,24H,4-13H2,1-3H3;13-16,20-21H,5-12H2,1-4H3;14-16,20-21H,4-13H2,1-3H3,(H,19,23);/q;;;+1/p-1. The molecular formula is C56H104KNO26S4. The zero-order chi connectivity index (χ0) is 66.6. The number of aliphatic hydroxyl groups is 6. The number of ether oxygens (including phenoxy) is 9. The Bertz CT molecular complexity index is 1920. The van der Waals surface area contributed by atoms with Gasteiger partial charge in [0.05, 0.1) is 94.8 Å². The van der Waals surface area contributed by atoms with Gasteiger partial charge in [0.25, 0.3) is 10.1 Å². The second-order valence-electron chi connectivity index (χ2n) is 20.7. The maximum atomic E-state index is 12.0. The third-order valence-corrected chi connectivity index (χ3v) is 16.9. The van der Waals surface area contributed by atoms with Crippen molar-refractivity contribution in [2.45, 2.75) is 151 Å². The van der Waals surface area contributed by atoms with Gasteiger partial charge >= 0.3 is 93.3 Å². The van der Waals surface area contributed by atoms with E-state index < -0.39 is 76.3 Å². The molecule has 514 valence electrons. The molecule has 0 aromatic heterocycles. The van der Waals surface area contributed by atoms with Gasteiger partial charge in [0.1, 0.15) is 31.2 Å². The number of amides is 1. The molecule has 27 nitrogen and oxygen atoms in total. The fraction of sp³-hybridized carbons (Fsp3) is 0.875. The van der Waals surface area contributed by atoms with Crippen molar-refractivity contribution in [1.29, 1.82) is 0 Å². The van der Waals surface area contributed by atoms with Crippen LogP contribution >= 0.6 is 35.3 Å². The molecular weight excluding hydrogens is 1270 g/mol. The number of aliphatic hydroxyl groups excluding tert-OH is 6. The van der Waals surface area contributed by atoms with Crippen LogP contribution < -0.4 is 62.0 Å². The number of rotatable bonds is 50. The summed E-state index contributed by atoms with van der Waals surface area (Å²) in [6.45, 7) is 19.7. The van der Waals surface area contributed by atoms with E-state index in [2.05, 4.69) is 23.5 Å². The molecule has 11 atom stereocenters. The van der Waals surface area contributed by atoms with Crippen molar-refractivity contribution in [1.82, 2.24) is 5.32 Å². The van der Waals surface area contributed by atoms with Crippen LogP contribution in [0, 0.1) is 35.5 Å². The number of alkyl carbamates (subject to hydrolysis) is 1. The molecule has 88 heavy (non-hydrogen) atoms. The first-order chi connectivity index (χ1) is 41.1. The number of carbonyl (C=O) groups excluding carboxylic acids is 7. The van der Waals surface area contributed by atoms with E-state index in [9.17, 15) is 62.6 Å². The minimum atomic E-state index is -4.40. The molecule has 0 saturated carbocycles. The molecule has 0 bridgehead atoms. The van der Waals surface area contributed by atoms with Gasteiger partial charge in [0.15, 0.2) is 0 Å². The second kappa shape index (κ2) is 60.3. The molecule has 11 unspecified atom stereocenters. The average molecular weight is 1370 g/mol. The first-order valence-corrected chi connectivity index (χ1v) is 34.4. The molecule has 0 rings (SSSR count). The van der Waals surface area contributed by atoms with Crippen LogP contribution in [-0.4, -0.2) is 238 Å². The average Bonchev–Trinajstić information content (AvgIpc) is 3.66. The van der Waals surface area contributed by atoms with Crippen LogP contribution in [-0.2, 0) is 85.9 Å². The monoisotopic (exact) mass is 1370 g/mol. The fourth-order valence-electron chi connectivity index (χ4n) is 5.75. The second-order valence-corrected chi connectivity index (χ2v) is 25.5. The third kappa shape index (κ3) is 57.0. The maximum Gasteiger partial charge on any atom is 1.00 e. The molecule has 0 spiro atoms. The summed E-state index contributed by atoms with van der Waals surface area (Å²) in [5.41, 5.74) is 0. The van der Waals surface area contributed by atoms with E-state index in [-0.39, 0.29) is 178 Å². The topological polar surface area (TPSA) is 402 Å². The summed E-state index contributed by atoms with van der Waals surface area (Å²) in [6.07, 6.45) is -0.946. The summed E-state index contributed by atoms with van der Waals surface area (Å²) in [6, 6.07) is 0. The molecule has 7 N–H and O–H groups in total. The molecule has 0 aromatic rings.